The summed E-state index contributed by atoms with van der Waals surface area (Å²) in [6.45, 7) is 0. The van der Waals surface area contributed by atoms with E-state index in [0.717, 1.165) is 51.6 Å². The quantitative estimate of drug-likeness (QED) is 0.451. The monoisotopic (exact) mass is 384 g/mol. The summed E-state index contributed by atoms with van der Waals surface area (Å²) in [5, 5.41) is 5.64. The molecule has 1 saturated carbocycles. The third-order valence-electron chi connectivity index (χ3n) is 5.95. The molecule has 4 aromatic rings. The number of H-pyrrole nitrogens is 1. The number of fused-ring (bicyclic) bond motifs is 3. The predicted octanol–water partition coefficient (Wildman–Crippen LogP) is 5.23. The molecule has 1 amide bonds. The number of nitrogens with one attached hydrogen (secondary N) is 2. The van der Waals surface area contributed by atoms with Gasteiger partial charge in [-0.2, -0.15) is 0 Å². The highest BCUT2D eigenvalue weighted by atomic mass is 16.1. The predicted molar refractivity (Wildman–Crippen MR) is 118 cm³/mol. The van der Waals surface area contributed by atoms with Gasteiger partial charge in [0.25, 0.3) is 5.91 Å². The van der Waals surface area contributed by atoms with E-state index >= 15 is 0 Å². The van der Waals surface area contributed by atoms with Gasteiger partial charge in [0.15, 0.2) is 0 Å². The molecule has 5 nitrogen and oxygen atoms in total. The summed E-state index contributed by atoms with van der Waals surface area (Å²) < 4.78 is 0. The average Bonchev–Trinajstić information content (AvgIpc) is 3.14. The number of amides is 1. The number of pyridine rings is 1. The lowest BCUT2D eigenvalue weighted by Crippen LogP contribution is -2.23. The number of primary amides is 1. The first-order chi connectivity index (χ1) is 14.2. The molecule has 0 bridgehead atoms. The molecule has 2 aromatic heterocycles. The smallest absolute Gasteiger partial charge is 0.252 e. The number of nitrogens with two attached hydrogens (primary N) is 1. The third-order valence-corrected chi connectivity index (χ3v) is 5.95. The van der Waals surface area contributed by atoms with Crippen molar-refractivity contribution in [3.63, 3.8) is 0 Å². The molecule has 0 unspecified atom stereocenters. The maximum atomic E-state index is 12.0. The van der Waals surface area contributed by atoms with Gasteiger partial charge in [-0.1, -0.05) is 55.7 Å². The molecule has 2 aromatic carbocycles. The van der Waals surface area contributed by atoms with Gasteiger partial charge in [-0.3, -0.25) is 4.79 Å². The van der Waals surface area contributed by atoms with E-state index in [1.807, 2.05) is 18.2 Å². The van der Waals surface area contributed by atoms with Gasteiger partial charge >= 0.3 is 0 Å². The second-order valence-corrected chi connectivity index (χ2v) is 7.87. The molecule has 0 spiro atoms. The van der Waals surface area contributed by atoms with Crippen molar-refractivity contribution in [3.8, 4) is 11.1 Å². The molecule has 0 saturated heterocycles. The van der Waals surface area contributed by atoms with Gasteiger partial charge in [-0.15, -0.1) is 0 Å². The van der Waals surface area contributed by atoms with Crippen LogP contribution in [0.2, 0.25) is 0 Å². The van der Waals surface area contributed by atoms with Crippen LogP contribution in [-0.2, 0) is 0 Å². The number of aromatic amines is 1. The Labute approximate surface area is 169 Å². The van der Waals surface area contributed by atoms with Gasteiger partial charge in [-0.25, -0.2) is 4.98 Å². The Morgan fingerprint density at radius 2 is 1.83 bits per heavy atom. The second-order valence-electron chi connectivity index (χ2n) is 7.87. The molecule has 1 aliphatic carbocycles. The van der Waals surface area contributed by atoms with Crippen molar-refractivity contribution in [2.75, 3.05) is 5.32 Å². The first kappa shape index (κ1) is 17.7. The molecule has 4 N–H and O–H groups in total. The van der Waals surface area contributed by atoms with Crippen LogP contribution in [0, 0.1) is 0 Å². The topological polar surface area (TPSA) is 83.8 Å². The lowest BCUT2D eigenvalue weighted by Gasteiger charge is -2.23. The van der Waals surface area contributed by atoms with Gasteiger partial charge in [-0.05, 0) is 36.1 Å². The first-order valence-electron chi connectivity index (χ1n) is 10.3. The van der Waals surface area contributed by atoms with Crippen LogP contribution in [0.5, 0.6) is 0 Å². The zero-order valence-electron chi connectivity index (χ0n) is 16.2. The van der Waals surface area contributed by atoms with Gasteiger partial charge in [0.05, 0.1) is 16.5 Å². The molecule has 2 heterocycles. The number of benzene rings is 2. The second kappa shape index (κ2) is 7.24. The molecular formula is C24H24N4O. The van der Waals surface area contributed by atoms with Crippen molar-refractivity contribution in [1.82, 2.24) is 9.97 Å². The summed E-state index contributed by atoms with van der Waals surface area (Å²) in [6.07, 6.45) is 7.67. The van der Waals surface area contributed by atoms with E-state index in [1.54, 1.807) is 6.20 Å². The standard InChI is InChI=1S/C24H24N4O/c25-23(29)19-14-26-24(27-17-9-5-2-6-10-17)21-18-13-16(15-7-3-1-4-8-15)11-12-20(18)28-22(19)21/h1,3-4,7-8,11-14,17,28H,2,5-6,9-10H2,(H2,25,29)(H,26,27). The van der Waals surface area contributed by atoms with Crippen LogP contribution < -0.4 is 11.1 Å². The summed E-state index contributed by atoms with van der Waals surface area (Å²) in [7, 11) is 0. The summed E-state index contributed by atoms with van der Waals surface area (Å²) in [6, 6.07) is 17.0. The largest absolute Gasteiger partial charge is 0.367 e. The maximum Gasteiger partial charge on any atom is 0.252 e. The van der Waals surface area contributed by atoms with Crippen molar-refractivity contribution in [2.24, 2.45) is 5.73 Å². The van der Waals surface area contributed by atoms with Crippen LogP contribution in [0.4, 0.5) is 5.82 Å². The lowest BCUT2D eigenvalue weighted by molar-refractivity contribution is 0.100. The van der Waals surface area contributed by atoms with Gasteiger partial charge < -0.3 is 16.0 Å². The maximum absolute atomic E-state index is 12.0. The Kier molecular flexibility index (Phi) is 4.43. The van der Waals surface area contributed by atoms with Crippen molar-refractivity contribution in [3.05, 3.63) is 60.3 Å². The minimum absolute atomic E-state index is 0.418. The molecule has 0 aliphatic heterocycles. The number of carbonyl (C=O) groups is 1. The zero-order chi connectivity index (χ0) is 19.8. The molecular weight excluding hydrogens is 360 g/mol. The third kappa shape index (κ3) is 3.23. The Morgan fingerprint density at radius 1 is 1.03 bits per heavy atom. The van der Waals surface area contributed by atoms with Crippen molar-refractivity contribution in [2.45, 2.75) is 38.1 Å². The number of anilines is 1. The summed E-state index contributed by atoms with van der Waals surface area (Å²) in [5.74, 6) is 0.356. The Bertz CT molecular complexity index is 1190. The van der Waals surface area contributed by atoms with Crippen LogP contribution in [0.1, 0.15) is 42.5 Å². The van der Waals surface area contributed by atoms with Crippen LogP contribution >= 0.6 is 0 Å². The minimum atomic E-state index is -0.471. The fourth-order valence-corrected chi connectivity index (χ4v) is 4.44. The minimum Gasteiger partial charge on any atom is -0.367 e. The number of aromatic nitrogens is 2. The molecule has 29 heavy (non-hydrogen) atoms. The molecule has 5 heteroatoms. The van der Waals surface area contributed by atoms with Crippen LogP contribution in [0.15, 0.2) is 54.7 Å². The summed E-state index contributed by atoms with van der Waals surface area (Å²) in [5.41, 5.74) is 10.1. The van der Waals surface area contributed by atoms with Crippen molar-refractivity contribution < 1.29 is 4.79 Å². The fraction of sp³-hybridized carbons (Fsp3) is 0.250. The van der Waals surface area contributed by atoms with E-state index in [9.17, 15) is 4.79 Å². The normalized spacial score (nSPS) is 15.0. The summed E-state index contributed by atoms with van der Waals surface area (Å²) in [4.78, 5) is 20.0. The van der Waals surface area contributed by atoms with Crippen LogP contribution in [0.25, 0.3) is 32.9 Å². The van der Waals surface area contributed by atoms with Crippen molar-refractivity contribution >= 4 is 33.5 Å². The van der Waals surface area contributed by atoms with E-state index in [0.29, 0.717) is 11.6 Å². The fourth-order valence-electron chi connectivity index (χ4n) is 4.44. The number of rotatable bonds is 4. The SMILES string of the molecule is NC(=O)c1cnc(NC2CCCCC2)c2c1[nH]c1ccc(-c3ccccc3)cc12. The van der Waals surface area contributed by atoms with E-state index in [4.69, 9.17) is 5.73 Å². The van der Waals surface area contributed by atoms with Gasteiger partial charge in [0, 0.05) is 23.1 Å². The van der Waals surface area contributed by atoms with E-state index in [1.165, 1.54) is 19.3 Å². The first-order valence-corrected chi connectivity index (χ1v) is 10.3. The molecule has 1 fully saturated rings. The highest BCUT2D eigenvalue weighted by molar-refractivity contribution is 6.18. The number of carbonyl (C=O) groups excluding carboxylic acids is 1. The lowest BCUT2D eigenvalue weighted by atomic mass is 9.95. The van der Waals surface area contributed by atoms with Crippen molar-refractivity contribution in [1.29, 1.82) is 0 Å². The Morgan fingerprint density at radius 3 is 2.59 bits per heavy atom. The molecule has 146 valence electrons. The molecule has 5 rings (SSSR count). The number of hydrogen-bond donors (Lipinski definition) is 3. The summed E-state index contributed by atoms with van der Waals surface area (Å²) >= 11 is 0. The molecule has 0 radical (unpaired) electrons. The van der Waals surface area contributed by atoms with Gasteiger partial charge in [0.2, 0.25) is 0 Å². The van der Waals surface area contributed by atoms with Crippen LogP contribution in [-0.4, -0.2) is 21.9 Å². The average molecular weight is 384 g/mol. The van der Waals surface area contributed by atoms with E-state index in [-0.39, 0.29) is 0 Å². The number of nitrogens with zero attached hydrogens (tertiary/aromatic N) is 1. The van der Waals surface area contributed by atoms with E-state index in [2.05, 4.69) is 45.6 Å². The highest BCUT2D eigenvalue weighted by Gasteiger charge is 2.20. The Hall–Kier alpha value is -3.34. The molecule has 0 atom stereocenters. The highest BCUT2D eigenvalue weighted by Crippen LogP contribution is 2.36. The Balaban J connectivity index is 1.71. The van der Waals surface area contributed by atoms with E-state index < -0.39 is 5.91 Å². The molecule has 1 aliphatic rings. The van der Waals surface area contributed by atoms with Crippen LogP contribution in [0.3, 0.4) is 0 Å². The van der Waals surface area contributed by atoms with Gasteiger partial charge in [0.1, 0.15) is 5.82 Å². The zero-order valence-corrected chi connectivity index (χ0v) is 16.2. The number of hydrogen-bond acceptors (Lipinski definition) is 3.